The van der Waals surface area contributed by atoms with Crippen molar-refractivity contribution in [3.63, 3.8) is 0 Å². The van der Waals surface area contributed by atoms with Gasteiger partial charge in [0.2, 0.25) is 6.33 Å². The van der Waals surface area contributed by atoms with Gasteiger partial charge in [-0.25, -0.2) is 9.30 Å². The second kappa shape index (κ2) is 4.48. The first-order valence-electron chi connectivity index (χ1n) is 4.80. The SMILES string of the molecule is [O-][n+]1cc(C=NO)n(Cc2ccccc2)c1. The lowest BCUT2D eigenvalue weighted by Crippen LogP contribution is -2.21. The van der Waals surface area contributed by atoms with Crippen LogP contribution in [0.3, 0.4) is 0 Å². The second-order valence-electron chi connectivity index (χ2n) is 3.39. The van der Waals surface area contributed by atoms with Crippen LogP contribution in [0, 0.1) is 5.21 Å². The molecular weight excluding hydrogens is 206 g/mol. The van der Waals surface area contributed by atoms with E-state index in [1.165, 1.54) is 18.7 Å². The third-order valence-electron chi connectivity index (χ3n) is 2.23. The van der Waals surface area contributed by atoms with Gasteiger partial charge in [0.05, 0.1) is 0 Å². The van der Waals surface area contributed by atoms with E-state index in [2.05, 4.69) is 5.16 Å². The van der Waals surface area contributed by atoms with E-state index in [1.54, 1.807) is 4.57 Å². The van der Waals surface area contributed by atoms with Crippen molar-refractivity contribution in [2.24, 2.45) is 5.16 Å². The van der Waals surface area contributed by atoms with E-state index < -0.39 is 0 Å². The highest BCUT2D eigenvalue weighted by Crippen LogP contribution is 2.03. The molecule has 2 rings (SSSR count). The van der Waals surface area contributed by atoms with E-state index in [4.69, 9.17) is 5.21 Å². The zero-order valence-corrected chi connectivity index (χ0v) is 8.52. The number of oxime groups is 1. The maximum absolute atomic E-state index is 11.1. The highest BCUT2D eigenvalue weighted by atomic mass is 16.5. The first-order valence-corrected chi connectivity index (χ1v) is 4.80. The van der Waals surface area contributed by atoms with Crippen molar-refractivity contribution in [2.75, 3.05) is 0 Å². The highest BCUT2D eigenvalue weighted by Gasteiger charge is 2.08. The number of hydrogen-bond acceptors (Lipinski definition) is 3. The van der Waals surface area contributed by atoms with Crippen molar-refractivity contribution in [2.45, 2.75) is 6.54 Å². The average Bonchev–Trinajstić information content (AvgIpc) is 2.61. The summed E-state index contributed by atoms with van der Waals surface area (Å²) in [5.41, 5.74) is 1.63. The third kappa shape index (κ3) is 2.20. The van der Waals surface area contributed by atoms with Gasteiger partial charge in [-0.3, -0.25) is 0 Å². The molecule has 0 radical (unpaired) electrons. The zero-order chi connectivity index (χ0) is 11.4. The molecule has 1 aromatic heterocycles. The van der Waals surface area contributed by atoms with Crippen molar-refractivity contribution >= 4 is 6.21 Å². The molecule has 16 heavy (non-hydrogen) atoms. The molecule has 0 aliphatic rings. The maximum Gasteiger partial charge on any atom is 0.247 e. The molecule has 0 spiro atoms. The van der Waals surface area contributed by atoms with Gasteiger partial charge in [0.15, 0.2) is 5.69 Å². The first kappa shape index (κ1) is 10.2. The van der Waals surface area contributed by atoms with Crippen LogP contribution in [-0.2, 0) is 6.54 Å². The van der Waals surface area contributed by atoms with Crippen LogP contribution >= 0.6 is 0 Å². The summed E-state index contributed by atoms with van der Waals surface area (Å²) in [7, 11) is 0. The van der Waals surface area contributed by atoms with Gasteiger partial charge >= 0.3 is 0 Å². The monoisotopic (exact) mass is 217 g/mol. The second-order valence-corrected chi connectivity index (χ2v) is 3.39. The van der Waals surface area contributed by atoms with Crippen molar-refractivity contribution < 1.29 is 9.94 Å². The largest absolute Gasteiger partial charge is 0.711 e. The van der Waals surface area contributed by atoms with Crippen LogP contribution in [-0.4, -0.2) is 16.0 Å². The number of rotatable bonds is 3. The lowest BCUT2D eigenvalue weighted by molar-refractivity contribution is -0.604. The van der Waals surface area contributed by atoms with Gasteiger partial charge in [-0.15, -0.1) is 0 Å². The highest BCUT2D eigenvalue weighted by molar-refractivity contribution is 5.75. The molecule has 0 saturated heterocycles. The summed E-state index contributed by atoms with van der Waals surface area (Å²) in [6.07, 6.45) is 3.99. The normalized spacial score (nSPS) is 11.0. The predicted molar refractivity (Wildman–Crippen MR) is 58.3 cm³/mol. The van der Waals surface area contributed by atoms with E-state index >= 15 is 0 Å². The Balaban J connectivity index is 2.27. The zero-order valence-electron chi connectivity index (χ0n) is 8.52. The Morgan fingerprint density at radius 2 is 2.12 bits per heavy atom. The fourth-order valence-electron chi connectivity index (χ4n) is 1.52. The van der Waals surface area contributed by atoms with E-state index in [1.807, 2.05) is 30.3 Å². The van der Waals surface area contributed by atoms with Gasteiger partial charge in [0.1, 0.15) is 19.0 Å². The summed E-state index contributed by atoms with van der Waals surface area (Å²) in [6, 6.07) is 9.74. The fourth-order valence-corrected chi connectivity index (χ4v) is 1.52. The molecule has 0 amide bonds. The molecule has 1 aromatic carbocycles. The number of nitrogens with zero attached hydrogens (tertiary/aromatic N) is 3. The first-order chi connectivity index (χ1) is 7.79. The summed E-state index contributed by atoms with van der Waals surface area (Å²) in [4.78, 5) is 0. The molecule has 1 heterocycles. The van der Waals surface area contributed by atoms with E-state index in [-0.39, 0.29) is 0 Å². The minimum atomic E-state index is 0.557. The van der Waals surface area contributed by atoms with Crippen LogP contribution < -0.4 is 4.73 Å². The number of benzene rings is 1. The van der Waals surface area contributed by atoms with Crippen LogP contribution in [0.25, 0.3) is 0 Å². The van der Waals surface area contributed by atoms with Gasteiger partial charge in [0.25, 0.3) is 0 Å². The molecule has 0 fully saturated rings. The van der Waals surface area contributed by atoms with Crippen molar-refractivity contribution in [3.05, 3.63) is 59.3 Å². The average molecular weight is 217 g/mol. The van der Waals surface area contributed by atoms with Crippen LogP contribution in [0.15, 0.2) is 48.0 Å². The molecular formula is C11H11N3O2. The van der Waals surface area contributed by atoms with Gasteiger partial charge < -0.3 is 10.4 Å². The lowest BCUT2D eigenvalue weighted by atomic mass is 10.2. The molecule has 0 aliphatic heterocycles. The molecule has 2 aromatic rings. The smallest absolute Gasteiger partial charge is 0.247 e. The van der Waals surface area contributed by atoms with Crippen LogP contribution in [0.5, 0.6) is 0 Å². The summed E-state index contributed by atoms with van der Waals surface area (Å²) >= 11 is 0. The lowest BCUT2D eigenvalue weighted by Gasteiger charge is -1.98. The molecule has 1 N–H and O–H groups in total. The molecule has 5 nitrogen and oxygen atoms in total. The number of hydrogen-bond donors (Lipinski definition) is 1. The summed E-state index contributed by atoms with van der Waals surface area (Å²) in [6.45, 7) is 0.567. The number of imidazole rings is 1. The quantitative estimate of drug-likeness (QED) is 0.274. The van der Waals surface area contributed by atoms with E-state index in [0.29, 0.717) is 17.0 Å². The Bertz CT molecular complexity index is 491. The Hall–Kier alpha value is -2.30. The predicted octanol–water partition coefficient (Wildman–Crippen LogP) is 0.978. The van der Waals surface area contributed by atoms with Gasteiger partial charge in [-0.05, 0) is 5.56 Å². The van der Waals surface area contributed by atoms with Crippen LogP contribution in [0.1, 0.15) is 11.3 Å². The third-order valence-corrected chi connectivity index (χ3v) is 2.23. The minimum absolute atomic E-state index is 0.557. The van der Waals surface area contributed by atoms with Crippen molar-refractivity contribution in [1.29, 1.82) is 0 Å². The molecule has 82 valence electrons. The van der Waals surface area contributed by atoms with E-state index in [9.17, 15) is 5.21 Å². The van der Waals surface area contributed by atoms with Crippen molar-refractivity contribution in [3.8, 4) is 0 Å². The summed E-state index contributed by atoms with van der Waals surface area (Å²) in [5.74, 6) is 0. The molecule has 0 aliphatic carbocycles. The van der Waals surface area contributed by atoms with Gasteiger partial charge in [-0.1, -0.05) is 35.5 Å². The molecule has 0 atom stereocenters. The topological polar surface area (TPSA) is 64.5 Å². The molecule has 0 saturated carbocycles. The summed E-state index contributed by atoms with van der Waals surface area (Å²) in [5, 5.41) is 22.5. The molecule has 0 unspecified atom stereocenters. The molecule has 0 bridgehead atoms. The number of aromatic nitrogens is 2. The Morgan fingerprint density at radius 3 is 2.81 bits per heavy atom. The van der Waals surface area contributed by atoms with Crippen LogP contribution in [0.4, 0.5) is 0 Å². The Labute approximate surface area is 92.5 Å². The fraction of sp³-hybridized carbons (Fsp3) is 0.0909. The van der Waals surface area contributed by atoms with Gasteiger partial charge in [-0.2, -0.15) is 0 Å². The molecule has 5 heteroatoms. The minimum Gasteiger partial charge on any atom is -0.711 e. The van der Waals surface area contributed by atoms with E-state index in [0.717, 1.165) is 5.56 Å². The van der Waals surface area contributed by atoms with Crippen molar-refractivity contribution in [1.82, 2.24) is 4.57 Å². The standard InChI is InChI=1S/C11H11N3O2/c15-12-6-11-8-14(16)9-13(11)7-10-4-2-1-3-5-10/h1-6,8-9,15H,7H2. The maximum atomic E-state index is 11.1. The summed E-state index contributed by atoms with van der Waals surface area (Å²) < 4.78 is 2.39. The van der Waals surface area contributed by atoms with Crippen LogP contribution in [0.2, 0.25) is 0 Å². The van der Waals surface area contributed by atoms with Gasteiger partial charge in [0, 0.05) is 0 Å². The Morgan fingerprint density at radius 1 is 1.38 bits per heavy atom. The Kier molecular flexibility index (Phi) is 2.86.